The predicted octanol–water partition coefficient (Wildman–Crippen LogP) is 3.96. The van der Waals surface area contributed by atoms with Gasteiger partial charge in [0.05, 0.1) is 10.6 Å². The maximum Gasteiger partial charge on any atom is 0.142 e. The van der Waals surface area contributed by atoms with E-state index in [1.54, 1.807) is 13.2 Å². The molecule has 1 fully saturated rings. The molecule has 0 bridgehead atoms. The highest BCUT2D eigenvalue weighted by atomic mass is 35.5. The first-order chi connectivity index (χ1) is 9.61. The number of nitrogens with one attached hydrogen (secondary N) is 1. The summed E-state index contributed by atoms with van der Waals surface area (Å²) in [6, 6.07) is 5.27. The molecule has 0 radical (unpaired) electrons. The lowest BCUT2D eigenvalue weighted by molar-refractivity contribution is -0.0351. The van der Waals surface area contributed by atoms with Crippen LogP contribution in [-0.4, -0.2) is 25.3 Å². The van der Waals surface area contributed by atoms with E-state index in [1.807, 2.05) is 6.07 Å². The molecule has 1 N–H and O–H groups in total. The van der Waals surface area contributed by atoms with Crippen LogP contribution in [-0.2, 0) is 11.2 Å². The average Bonchev–Trinajstić information content (AvgIpc) is 2.92. The molecule has 0 aromatic heterocycles. The molecule has 20 heavy (non-hydrogen) atoms. The van der Waals surface area contributed by atoms with Gasteiger partial charge in [-0.05, 0) is 43.5 Å². The Kier molecular flexibility index (Phi) is 5.42. The van der Waals surface area contributed by atoms with Crippen molar-refractivity contribution in [3.63, 3.8) is 0 Å². The summed E-state index contributed by atoms with van der Waals surface area (Å²) in [6.45, 7) is 2.97. The molecular weight excluding hydrogens is 277 g/mol. The highest BCUT2D eigenvalue weighted by Crippen LogP contribution is 2.37. The molecule has 1 aliphatic rings. The van der Waals surface area contributed by atoms with Gasteiger partial charge in [0.1, 0.15) is 5.82 Å². The molecule has 0 saturated heterocycles. The van der Waals surface area contributed by atoms with Crippen LogP contribution in [0.2, 0.25) is 5.02 Å². The number of ether oxygens (including phenoxy) is 1. The van der Waals surface area contributed by atoms with Crippen molar-refractivity contribution in [1.82, 2.24) is 5.32 Å². The first-order valence-electron chi connectivity index (χ1n) is 7.34. The molecule has 1 atom stereocenters. The van der Waals surface area contributed by atoms with Crippen LogP contribution in [0.3, 0.4) is 0 Å². The highest BCUT2D eigenvalue weighted by Gasteiger charge is 2.41. The van der Waals surface area contributed by atoms with Crippen molar-refractivity contribution in [1.29, 1.82) is 0 Å². The number of methoxy groups -OCH3 is 1. The van der Waals surface area contributed by atoms with Gasteiger partial charge in [-0.2, -0.15) is 0 Å². The van der Waals surface area contributed by atoms with Crippen molar-refractivity contribution in [3.05, 3.63) is 34.6 Å². The van der Waals surface area contributed by atoms with E-state index < -0.39 is 0 Å². The van der Waals surface area contributed by atoms with Gasteiger partial charge in [-0.15, -0.1) is 0 Å². The summed E-state index contributed by atoms with van der Waals surface area (Å²) in [5.74, 6) is -0.350. The third-order valence-corrected chi connectivity index (χ3v) is 4.67. The summed E-state index contributed by atoms with van der Waals surface area (Å²) in [4.78, 5) is 0. The van der Waals surface area contributed by atoms with Gasteiger partial charge in [0.2, 0.25) is 0 Å². The SMILES string of the molecule is CCNC(Cc1ccc(Cl)c(F)c1)C1(OC)CCCC1. The molecule has 1 aromatic carbocycles. The Labute approximate surface area is 125 Å². The van der Waals surface area contributed by atoms with Gasteiger partial charge >= 0.3 is 0 Å². The van der Waals surface area contributed by atoms with E-state index in [-0.39, 0.29) is 22.5 Å². The minimum absolute atomic E-state index is 0.119. The number of likely N-dealkylation sites (N-methyl/N-ethyl adjacent to an activating group) is 1. The summed E-state index contributed by atoms with van der Waals surface area (Å²) in [5.41, 5.74) is 0.840. The highest BCUT2D eigenvalue weighted by molar-refractivity contribution is 6.30. The lowest BCUT2D eigenvalue weighted by Crippen LogP contribution is -2.51. The largest absolute Gasteiger partial charge is 0.377 e. The van der Waals surface area contributed by atoms with Gasteiger partial charge in [0, 0.05) is 13.2 Å². The maximum atomic E-state index is 13.6. The zero-order valence-corrected chi connectivity index (χ0v) is 13.0. The molecule has 2 rings (SSSR count). The number of hydrogen-bond donors (Lipinski definition) is 1. The van der Waals surface area contributed by atoms with E-state index in [2.05, 4.69) is 12.2 Å². The van der Waals surface area contributed by atoms with Gasteiger partial charge in [0.15, 0.2) is 0 Å². The smallest absolute Gasteiger partial charge is 0.142 e. The minimum atomic E-state index is -0.350. The molecular formula is C16H23ClFNO. The fourth-order valence-electron chi connectivity index (χ4n) is 3.26. The molecule has 112 valence electrons. The van der Waals surface area contributed by atoms with E-state index in [1.165, 1.54) is 18.9 Å². The van der Waals surface area contributed by atoms with E-state index in [9.17, 15) is 4.39 Å². The molecule has 1 unspecified atom stereocenters. The van der Waals surface area contributed by atoms with Crippen LogP contribution in [0.4, 0.5) is 4.39 Å². The van der Waals surface area contributed by atoms with Gasteiger partial charge in [0.25, 0.3) is 0 Å². The second-order valence-corrected chi connectivity index (χ2v) is 5.95. The van der Waals surface area contributed by atoms with Crippen LogP contribution in [0.15, 0.2) is 18.2 Å². The van der Waals surface area contributed by atoms with Crippen LogP contribution in [0.1, 0.15) is 38.2 Å². The van der Waals surface area contributed by atoms with Crippen LogP contribution in [0.25, 0.3) is 0 Å². The topological polar surface area (TPSA) is 21.3 Å². The van der Waals surface area contributed by atoms with Crippen LogP contribution in [0.5, 0.6) is 0 Å². The first-order valence-corrected chi connectivity index (χ1v) is 7.71. The lowest BCUT2D eigenvalue weighted by Gasteiger charge is -2.37. The Morgan fingerprint density at radius 1 is 1.40 bits per heavy atom. The van der Waals surface area contributed by atoms with Crippen molar-refractivity contribution in [2.24, 2.45) is 0 Å². The third-order valence-electron chi connectivity index (χ3n) is 4.37. The molecule has 1 aromatic rings. The Balaban J connectivity index is 2.18. The van der Waals surface area contributed by atoms with Crippen molar-refractivity contribution in [2.75, 3.05) is 13.7 Å². The predicted molar refractivity (Wildman–Crippen MR) is 80.8 cm³/mol. The molecule has 2 nitrogen and oxygen atoms in total. The Morgan fingerprint density at radius 2 is 2.10 bits per heavy atom. The fourth-order valence-corrected chi connectivity index (χ4v) is 3.38. The van der Waals surface area contributed by atoms with E-state index in [0.717, 1.165) is 31.4 Å². The molecule has 0 heterocycles. The van der Waals surface area contributed by atoms with Crippen LogP contribution < -0.4 is 5.32 Å². The van der Waals surface area contributed by atoms with Gasteiger partial charge in [-0.25, -0.2) is 4.39 Å². The van der Waals surface area contributed by atoms with Crippen molar-refractivity contribution in [2.45, 2.75) is 50.7 Å². The summed E-state index contributed by atoms with van der Waals surface area (Å²) in [6.07, 6.45) is 5.29. The number of benzene rings is 1. The lowest BCUT2D eigenvalue weighted by atomic mass is 9.87. The second-order valence-electron chi connectivity index (χ2n) is 5.54. The van der Waals surface area contributed by atoms with E-state index in [0.29, 0.717) is 0 Å². The third kappa shape index (κ3) is 3.33. The quantitative estimate of drug-likeness (QED) is 0.858. The van der Waals surface area contributed by atoms with Gasteiger partial charge in [-0.3, -0.25) is 0 Å². The number of halogens is 2. The molecule has 1 saturated carbocycles. The summed E-state index contributed by atoms with van der Waals surface area (Å²) >= 11 is 5.74. The fraction of sp³-hybridized carbons (Fsp3) is 0.625. The van der Waals surface area contributed by atoms with Gasteiger partial charge in [-0.1, -0.05) is 37.4 Å². The minimum Gasteiger partial charge on any atom is -0.377 e. The Bertz CT molecular complexity index is 446. The number of rotatable bonds is 6. The van der Waals surface area contributed by atoms with Crippen molar-refractivity contribution < 1.29 is 9.13 Å². The Hall–Kier alpha value is -0.640. The van der Waals surface area contributed by atoms with E-state index >= 15 is 0 Å². The maximum absolute atomic E-state index is 13.6. The van der Waals surface area contributed by atoms with Crippen LogP contribution in [0, 0.1) is 5.82 Å². The summed E-state index contributed by atoms with van der Waals surface area (Å²) < 4.78 is 19.4. The zero-order chi connectivity index (χ0) is 14.6. The second kappa shape index (κ2) is 6.88. The molecule has 1 aliphatic carbocycles. The zero-order valence-electron chi connectivity index (χ0n) is 12.2. The van der Waals surface area contributed by atoms with Crippen molar-refractivity contribution >= 4 is 11.6 Å². The first kappa shape index (κ1) is 15.7. The van der Waals surface area contributed by atoms with Crippen molar-refractivity contribution in [3.8, 4) is 0 Å². The molecule has 0 amide bonds. The Morgan fingerprint density at radius 3 is 2.65 bits per heavy atom. The molecule has 0 spiro atoms. The molecule has 4 heteroatoms. The average molecular weight is 300 g/mol. The van der Waals surface area contributed by atoms with Crippen LogP contribution >= 0.6 is 11.6 Å². The summed E-state index contributed by atoms with van der Waals surface area (Å²) in [7, 11) is 1.79. The van der Waals surface area contributed by atoms with E-state index in [4.69, 9.17) is 16.3 Å². The van der Waals surface area contributed by atoms with Gasteiger partial charge < -0.3 is 10.1 Å². The summed E-state index contributed by atoms with van der Waals surface area (Å²) in [5, 5.41) is 3.70. The monoisotopic (exact) mass is 299 g/mol. The molecule has 0 aliphatic heterocycles. The number of hydrogen-bond acceptors (Lipinski definition) is 2. The standard InChI is InChI=1S/C16H23ClFNO/c1-3-19-15(16(20-2)8-4-5-9-16)11-12-6-7-13(17)14(18)10-12/h6-7,10,15,19H,3-5,8-9,11H2,1-2H3. The normalized spacial score (nSPS) is 19.2.